The van der Waals surface area contributed by atoms with Crippen LogP contribution in [0.4, 0.5) is 4.79 Å². The van der Waals surface area contributed by atoms with Crippen molar-refractivity contribution >= 4 is 11.9 Å². The van der Waals surface area contributed by atoms with Gasteiger partial charge in [-0.25, -0.2) is 4.79 Å². The normalized spacial score (nSPS) is 30.0. The van der Waals surface area contributed by atoms with E-state index in [-0.39, 0.29) is 0 Å². The van der Waals surface area contributed by atoms with Gasteiger partial charge in [-0.05, 0) is 36.5 Å². The molecule has 3 fully saturated rings. The van der Waals surface area contributed by atoms with Crippen LogP contribution in [0.2, 0.25) is 0 Å². The summed E-state index contributed by atoms with van der Waals surface area (Å²) < 4.78 is 0. The average Bonchev–Trinajstić information content (AvgIpc) is 2.14. The molecule has 1 amide bonds. The Morgan fingerprint density at radius 3 is 2.12 bits per heavy atom. The molecule has 1 N–H and O–H groups in total. The van der Waals surface area contributed by atoms with Gasteiger partial charge >= 0.3 is 6.09 Å². The minimum atomic E-state index is -0.789. The third kappa shape index (κ3) is 1.35. The molecule has 1 saturated heterocycles. The SMILES string of the molecule is O=C1CC2(C1)CC1(CCN(C(=O)O)CC1)C2. The second-order valence-corrected chi connectivity index (χ2v) is 6.02. The van der Waals surface area contributed by atoms with E-state index in [0.29, 0.717) is 29.7 Å². The zero-order valence-electron chi connectivity index (χ0n) is 9.37. The number of carbonyl (C=O) groups is 2. The van der Waals surface area contributed by atoms with E-state index in [4.69, 9.17) is 5.11 Å². The van der Waals surface area contributed by atoms with Crippen LogP contribution >= 0.6 is 0 Å². The van der Waals surface area contributed by atoms with Gasteiger partial charge in [0.25, 0.3) is 0 Å². The lowest BCUT2D eigenvalue weighted by Crippen LogP contribution is -2.57. The van der Waals surface area contributed by atoms with E-state index >= 15 is 0 Å². The van der Waals surface area contributed by atoms with Crippen LogP contribution in [-0.4, -0.2) is 35.0 Å². The third-order valence-corrected chi connectivity index (χ3v) is 4.74. The molecular weight excluding hydrogens is 206 g/mol. The number of hydrogen-bond acceptors (Lipinski definition) is 2. The number of nitrogens with zero attached hydrogens (tertiary/aromatic N) is 1. The fraction of sp³-hybridized carbons (Fsp3) is 0.833. The van der Waals surface area contributed by atoms with Crippen molar-refractivity contribution in [1.29, 1.82) is 0 Å². The molecule has 0 aromatic heterocycles. The molecule has 1 heterocycles. The van der Waals surface area contributed by atoms with E-state index in [0.717, 1.165) is 25.7 Å². The van der Waals surface area contributed by atoms with Gasteiger partial charge in [0.15, 0.2) is 0 Å². The Bertz CT molecular complexity index is 337. The zero-order valence-corrected chi connectivity index (χ0v) is 9.37. The Balaban J connectivity index is 1.56. The predicted molar refractivity (Wildman–Crippen MR) is 57.2 cm³/mol. The fourth-order valence-electron chi connectivity index (χ4n) is 4.10. The summed E-state index contributed by atoms with van der Waals surface area (Å²) >= 11 is 0. The summed E-state index contributed by atoms with van der Waals surface area (Å²) in [5, 5.41) is 8.88. The molecule has 1 aliphatic heterocycles. The highest BCUT2D eigenvalue weighted by atomic mass is 16.4. The second-order valence-electron chi connectivity index (χ2n) is 6.02. The van der Waals surface area contributed by atoms with Gasteiger partial charge in [-0.3, -0.25) is 4.79 Å². The molecule has 0 atom stereocenters. The number of amides is 1. The van der Waals surface area contributed by atoms with Crippen molar-refractivity contribution in [2.24, 2.45) is 10.8 Å². The molecule has 4 heteroatoms. The first kappa shape index (κ1) is 10.1. The molecule has 0 unspecified atom stereocenters. The maximum atomic E-state index is 11.0. The lowest BCUT2D eigenvalue weighted by molar-refractivity contribution is -0.157. The molecule has 2 saturated carbocycles. The van der Waals surface area contributed by atoms with Crippen molar-refractivity contribution < 1.29 is 14.7 Å². The van der Waals surface area contributed by atoms with Crippen LogP contribution in [0.25, 0.3) is 0 Å². The van der Waals surface area contributed by atoms with Gasteiger partial charge in [0.1, 0.15) is 5.78 Å². The van der Waals surface area contributed by atoms with Crippen LogP contribution < -0.4 is 0 Å². The predicted octanol–water partition coefficient (Wildman–Crippen LogP) is 1.89. The number of carbonyl (C=O) groups excluding carboxylic acids is 1. The summed E-state index contributed by atoms with van der Waals surface area (Å²) in [7, 11) is 0. The number of hydrogen-bond donors (Lipinski definition) is 1. The molecule has 0 aromatic carbocycles. The van der Waals surface area contributed by atoms with Crippen molar-refractivity contribution in [2.45, 2.75) is 38.5 Å². The maximum Gasteiger partial charge on any atom is 0.407 e. The summed E-state index contributed by atoms with van der Waals surface area (Å²) in [6.45, 7) is 1.36. The van der Waals surface area contributed by atoms with Gasteiger partial charge in [-0.15, -0.1) is 0 Å². The summed E-state index contributed by atoms with van der Waals surface area (Å²) in [5.74, 6) is 0.415. The summed E-state index contributed by atoms with van der Waals surface area (Å²) in [6, 6.07) is 0. The largest absolute Gasteiger partial charge is 0.465 e. The highest BCUT2D eigenvalue weighted by Crippen LogP contribution is 2.66. The number of likely N-dealkylation sites (tertiary alicyclic amines) is 1. The maximum absolute atomic E-state index is 11.0. The van der Waals surface area contributed by atoms with Crippen molar-refractivity contribution in [3.05, 3.63) is 0 Å². The number of carboxylic acid groups (broad SMARTS) is 1. The standard InChI is InChI=1S/C12H17NO3/c14-9-5-12(6-9)7-11(8-12)1-3-13(4-2-11)10(15)16/h1-8H2,(H,15,16). The number of ketones is 1. The van der Waals surface area contributed by atoms with E-state index in [1.807, 2.05) is 0 Å². The van der Waals surface area contributed by atoms with Crippen LogP contribution in [0, 0.1) is 10.8 Å². The van der Waals surface area contributed by atoms with Crippen molar-refractivity contribution in [3.63, 3.8) is 0 Å². The first-order valence-electron chi connectivity index (χ1n) is 6.02. The van der Waals surface area contributed by atoms with E-state index in [1.165, 1.54) is 17.7 Å². The van der Waals surface area contributed by atoms with Crippen LogP contribution in [-0.2, 0) is 4.79 Å². The Morgan fingerprint density at radius 2 is 1.69 bits per heavy atom. The lowest BCUT2D eigenvalue weighted by Gasteiger charge is -2.62. The van der Waals surface area contributed by atoms with Gasteiger partial charge in [0, 0.05) is 25.9 Å². The quantitative estimate of drug-likeness (QED) is 0.682. The molecular formula is C12H17NO3. The van der Waals surface area contributed by atoms with E-state index in [1.54, 1.807) is 0 Å². The molecule has 0 radical (unpaired) electrons. The van der Waals surface area contributed by atoms with Crippen molar-refractivity contribution in [2.75, 3.05) is 13.1 Å². The van der Waals surface area contributed by atoms with Crippen LogP contribution in [0.1, 0.15) is 38.5 Å². The van der Waals surface area contributed by atoms with Crippen molar-refractivity contribution in [3.8, 4) is 0 Å². The molecule has 0 bridgehead atoms. The van der Waals surface area contributed by atoms with E-state index < -0.39 is 6.09 Å². The Hall–Kier alpha value is -1.06. The molecule has 16 heavy (non-hydrogen) atoms. The molecule has 3 aliphatic rings. The lowest BCUT2D eigenvalue weighted by atomic mass is 9.43. The average molecular weight is 223 g/mol. The highest BCUT2D eigenvalue weighted by Gasteiger charge is 2.60. The smallest absolute Gasteiger partial charge is 0.407 e. The third-order valence-electron chi connectivity index (χ3n) is 4.74. The van der Waals surface area contributed by atoms with E-state index in [9.17, 15) is 9.59 Å². The Kier molecular flexibility index (Phi) is 1.89. The first-order valence-corrected chi connectivity index (χ1v) is 6.02. The minimum absolute atomic E-state index is 0.350. The molecule has 3 rings (SSSR count). The zero-order chi connectivity index (χ0) is 11.4. The fourth-order valence-corrected chi connectivity index (χ4v) is 4.10. The number of piperidine rings is 1. The van der Waals surface area contributed by atoms with Crippen LogP contribution in [0.3, 0.4) is 0 Å². The number of Topliss-reactive ketones (excluding diaryl/α,β-unsaturated/α-hetero) is 1. The summed E-state index contributed by atoms with van der Waals surface area (Å²) in [5.41, 5.74) is 0.731. The molecule has 88 valence electrons. The molecule has 4 nitrogen and oxygen atoms in total. The molecule has 0 aromatic rings. The van der Waals surface area contributed by atoms with Gasteiger partial charge in [-0.1, -0.05) is 0 Å². The topological polar surface area (TPSA) is 57.6 Å². The van der Waals surface area contributed by atoms with Gasteiger partial charge in [0.05, 0.1) is 0 Å². The second kappa shape index (κ2) is 2.99. The van der Waals surface area contributed by atoms with Gasteiger partial charge in [-0.2, -0.15) is 0 Å². The van der Waals surface area contributed by atoms with Crippen molar-refractivity contribution in [1.82, 2.24) is 4.90 Å². The Morgan fingerprint density at radius 1 is 1.12 bits per heavy atom. The van der Waals surface area contributed by atoms with E-state index in [2.05, 4.69) is 0 Å². The van der Waals surface area contributed by atoms with Crippen LogP contribution in [0.15, 0.2) is 0 Å². The monoisotopic (exact) mass is 223 g/mol. The first-order chi connectivity index (χ1) is 7.53. The minimum Gasteiger partial charge on any atom is -0.465 e. The highest BCUT2D eigenvalue weighted by molar-refractivity contribution is 5.86. The molecule has 2 aliphatic carbocycles. The summed E-state index contributed by atoms with van der Waals surface area (Å²) in [4.78, 5) is 23.3. The Labute approximate surface area is 94.6 Å². The van der Waals surface area contributed by atoms with Crippen LogP contribution in [0.5, 0.6) is 0 Å². The number of rotatable bonds is 0. The molecule has 2 spiro atoms. The van der Waals surface area contributed by atoms with Gasteiger partial charge < -0.3 is 10.0 Å². The van der Waals surface area contributed by atoms with Gasteiger partial charge in [0.2, 0.25) is 0 Å². The summed E-state index contributed by atoms with van der Waals surface area (Å²) in [6.07, 6.45) is 5.11.